The summed E-state index contributed by atoms with van der Waals surface area (Å²) in [5.74, 6) is 0. The second-order valence-corrected chi connectivity index (χ2v) is 6.99. The molecule has 0 spiro atoms. The SMILES string of the molecule is CCN(CC)S(=O)(=O)c1cn(C2CCCC2)nc1C. The molecule has 0 saturated heterocycles. The van der Waals surface area contributed by atoms with Gasteiger partial charge in [0, 0.05) is 19.3 Å². The maximum Gasteiger partial charge on any atom is 0.246 e. The largest absolute Gasteiger partial charge is 0.268 e. The third-order valence-corrected chi connectivity index (χ3v) is 6.05. The van der Waals surface area contributed by atoms with Crippen LogP contribution in [0, 0.1) is 6.92 Å². The fourth-order valence-corrected chi connectivity index (χ4v) is 4.39. The van der Waals surface area contributed by atoms with Crippen LogP contribution in [-0.2, 0) is 10.0 Å². The van der Waals surface area contributed by atoms with E-state index >= 15 is 0 Å². The van der Waals surface area contributed by atoms with E-state index in [2.05, 4.69) is 5.10 Å². The monoisotopic (exact) mass is 285 g/mol. The molecule has 1 saturated carbocycles. The average molecular weight is 285 g/mol. The molecule has 19 heavy (non-hydrogen) atoms. The van der Waals surface area contributed by atoms with E-state index in [1.807, 2.05) is 18.5 Å². The topological polar surface area (TPSA) is 55.2 Å². The van der Waals surface area contributed by atoms with E-state index < -0.39 is 10.0 Å². The van der Waals surface area contributed by atoms with Crippen molar-refractivity contribution in [3.05, 3.63) is 11.9 Å². The maximum absolute atomic E-state index is 12.5. The average Bonchev–Trinajstić information content (AvgIpc) is 2.98. The second-order valence-electron chi connectivity index (χ2n) is 5.09. The standard InChI is InChI=1S/C13H23N3O2S/c1-4-15(5-2)19(17,18)13-10-16(14-11(13)3)12-8-6-7-9-12/h10,12H,4-9H2,1-3H3. The molecule has 108 valence electrons. The number of hydrogen-bond acceptors (Lipinski definition) is 3. The van der Waals surface area contributed by atoms with Gasteiger partial charge in [-0.15, -0.1) is 0 Å². The first-order chi connectivity index (χ1) is 9.00. The summed E-state index contributed by atoms with van der Waals surface area (Å²) in [6, 6.07) is 0.374. The Morgan fingerprint density at radius 3 is 2.42 bits per heavy atom. The molecular formula is C13H23N3O2S. The molecule has 2 rings (SSSR count). The molecule has 0 bridgehead atoms. The lowest BCUT2D eigenvalue weighted by molar-refractivity contribution is 0.443. The molecule has 6 heteroatoms. The van der Waals surface area contributed by atoms with E-state index in [1.54, 1.807) is 13.1 Å². The summed E-state index contributed by atoms with van der Waals surface area (Å²) in [4.78, 5) is 0.364. The highest BCUT2D eigenvalue weighted by Gasteiger charge is 2.28. The van der Waals surface area contributed by atoms with E-state index in [0.717, 1.165) is 12.8 Å². The molecule has 0 radical (unpaired) electrons. The quantitative estimate of drug-likeness (QED) is 0.834. The lowest BCUT2D eigenvalue weighted by Crippen LogP contribution is -2.30. The summed E-state index contributed by atoms with van der Waals surface area (Å²) in [5.41, 5.74) is 0.610. The van der Waals surface area contributed by atoms with E-state index in [9.17, 15) is 8.42 Å². The number of sulfonamides is 1. The number of rotatable bonds is 5. The first kappa shape index (κ1) is 14.5. The van der Waals surface area contributed by atoms with E-state index in [1.165, 1.54) is 17.1 Å². The van der Waals surface area contributed by atoms with Crippen LogP contribution in [0.2, 0.25) is 0 Å². The zero-order valence-corrected chi connectivity index (χ0v) is 12.8. The van der Waals surface area contributed by atoms with Gasteiger partial charge in [-0.05, 0) is 19.8 Å². The zero-order valence-electron chi connectivity index (χ0n) is 12.0. The molecule has 0 unspecified atom stereocenters. The van der Waals surface area contributed by atoms with Gasteiger partial charge in [-0.2, -0.15) is 9.40 Å². The van der Waals surface area contributed by atoms with Crippen molar-refractivity contribution in [2.75, 3.05) is 13.1 Å². The van der Waals surface area contributed by atoms with E-state index in [0.29, 0.717) is 29.7 Å². The summed E-state index contributed by atoms with van der Waals surface area (Å²) in [7, 11) is -3.39. The van der Waals surface area contributed by atoms with Gasteiger partial charge < -0.3 is 0 Å². The van der Waals surface area contributed by atoms with Crippen LogP contribution >= 0.6 is 0 Å². The number of aryl methyl sites for hydroxylation is 1. The minimum Gasteiger partial charge on any atom is -0.268 e. The normalized spacial score (nSPS) is 17.5. The Labute approximate surface area is 115 Å². The van der Waals surface area contributed by atoms with Gasteiger partial charge in [0.05, 0.1) is 11.7 Å². The first-order valence-corrected chi connectivity index (χ1v) is 8.50. The molecule has 5 nitrogen and oxygen atoms in total. The number of hydrogen-bond donors (Lipinski definition) is 0. The number of aromatic nitrogens is 2. The van der Waals surface area contributed by atoms with Crippen LogP contribution in [0.3, 0.4) is 0 Å². The van der Waals surface area contributed by atoms with Gasteiger partial charge in [0.1, 0.15) is 4.90 Å². The molecule has 0 atom stereocenters. The van der Waals surface area contributed by atoms with Crippen molar-refractivity contribution in [3.63, 3.8) is 0 Å². The Kier molecular flexibility index (Phi) is 4.30. The second kappa shape index (κ2) is 5.63. The predicted molar refractivity (Wildman–Crippen MR) is 74.6 cm³/mol. The highest BCUT2D eigenvalue weighted by atomic mass is 32.2. The van der Waals surface area contributed by atoms with Gasteiger partial charge in [-0.1, -0.05) is 26.7 Å². The van der Waals surface area contributed by atoms with Crippen LogP contribution in [0.15, 0.2) is 11.1 Å². The van der Waals surface area contributed by atoms with Crippen molar-refractivity contribution >= 4 is 10.0 Å². The fraction of sp³-hybridized carbons (Fsp3) is 0.769. The van der Waals surface area contributed by atoms with E-state index in [4.69, 9.17) is 0 Å². The summed E-state index contributed by atoms with van der Waals surface area (Å²) < 4.78 is 28.4. The van der Waals surface area contributed by atoms with E-state index in [-0.39, 0.29) is 0 Å². The summed E-state index contributed by atoms with van der Waals surface area (Å²) in [6.07, 6.45) is 6.35. The molecule has 0 aliphatic heterocycles. The molecule has 0 N–H and O–H groups in total. The van der Waals surface area contributed by atoms with Crippen LogP contribution < -0.4 is 0 Å². The van der Waals surface area contributed by atoms with Crippen molar-refractivity contribution in [2.24, 2.45) is 0 Å². The Balaban J connectivity index is 2.34. The van der Waals surface area contributed by atoms with Crippen LogP contribution in [0.4, 0.5) is 0 Å². The van der Waals surface area contributed by atoms with Gasteiger partial charge in [0.25, 0.3) is 0 Å². The van der Waals surface area contributed by atoms with Crippen LogP contribution in [-0.4, -0.2) is 35.6 Å². The highest BCUT2D eigenvalue weighted by Crippen LogP contribution is 2.30. The molecule has 1 aromatic rings. The smallest absolute Gasteiger partial charge is 0.246 e. The Bertz CT molecular complexity index is 526. The molecule has 0 amide bonds. The van der Waals surface area contributed by atoms with Crippen molar-refractivity contribution in [2.45, 2.75) is 57.4 Å². The van der Waals surface area contributed by atoms with Crippen molar-refractivity contribution in [1.82, 2.24) is 14.1 Å². The third kappa shape index (κ3) is 2.69. The molecule has 1 aliphatic rings. The Morgan fingerprint density at radius 2 is 1.89 bits per heavy atom. The minimum atomic E-state index is -3.39. The maximum atomic E-state index is 12.5. The van der Waals surface area contributed by atoms with Gasteiger partial charge in [-0.25, -0.2) is 8.42 Å². The Hall–Kier alpha value is -0.880. The molecular weight excluding hydrogens is 262 g/mol. The predicted octanol–water partition coefficient (Wildman–Crippen LogP) is 2.34. The summed E-state index contributed by atoms with van der Waals surface area (Å²) in [5, 5.41) is 4.42. The van der Waals surface area contributed by atoms with Crippen LogP contribution in [0.1, 0.15) is 51.3 Å². The van der Waals surface area contributed by atoms with Crippen molar-refractivity contribution in [3.8, 4) is 0 Å². The van der Waals surface area contributed by atoms with Gasteiger partial charge in [0.2, 0.25) is 10.0 Å². The highest BCUT2D eigenvalue weighted by molar-refractivity contribution is 7.89. The van der Waals surface area contributed by atoms with Gasteiger partial charge >= 0.3 is 0 Å². The van der Waals surface area contributed by atoms with Gasteiger partial charge in [-0.3, -0.25) is 4.68 Å². The van der Waals surface area contributed by atoms with Crippen LogP contribution in [0.5, 0.6) is 0 Å². The lowest BCUT2D eigenvalue weighted by Gasteiger charge is -2.17. The molecule has 1 heterocycles. The molecule has 0 aromatic carbocycles. The van der Waals surface area contributed by atoms with Crippen LogP contribution in [0.25, 0.3) is 0 Å². The van der Waals surface area contributed by atoms with Gasteiger partial charge in [0.15, 0.2) is 0 Å². The molecule has 1 fully saturated rings. The fourth-order valence-electron chi connectivity index (χ4n) is 2.78. The molecule has 1 aromatic heterocycles. The van der Waals surface area contributed by atoms with Crippen molar-refractivity contribution in [1.29, 1.82) is 0 Å². The Morgan fingerprint density at radius 1 is 1.32 bits per heavy atom. The first-order valence-electron chi connectivity index (χ1n) is 7.06. The molecule has 1 aliphatic carbocycles. The van der Waals surface area contributed by atoms with Crippen molar-refractivity contribution < 1.29 is 8.42 Å². The third-order valence-electron chi connectivity index (χ3n) is 3.89. The number of nitrogens with zero attached hydrogens (tertiary/aromatic N) is 3. The summed E-state index contributed by atoms with van der Waals surface area (Å²) in [6.45, 7) is 6.48. The zero-order chi connectivity index (χ0) is 14.0. The lowest BCUT2D eigenvalue weighted by atomic mass is 10.3. The summed E-state index contributed by atoms with van der Waals surface area (Å²) >= 11 is 0. The minimum absolute atomic E-state index is 0.364.